The van der Waals surface area contributed by atoms with Crippen molar-refractivity contribution in [2.75, 3.05) is 4.90 Å². The number of rotatable bonds is 5. The summed E-state index contributed by atoms with van der Waals surface area (Å²) in [5.41, 5.74) is 3.52. The second-order valence-corrected chi connectivity index (χ2v) is 11.7. The average molecular weight is 493 g/mol. The largest absolute Gasteiger partial charge is 0.288 e. The molecule has 0 fully saturated rings. The van der Waals surface area contributed by atoms with Crippen molar-refractivity contribution in [1.82, 2.24) is 0 Å². The van der Waals surface area contributed by atoms with Gasteiger partial charge in [-0.2, -0.15) is 4.40 Å². The summed E-state index contributed by atoms with van der Waals surface area (Å²) in [6, 6.07) is 37.8. The lowest BCUT2D eigenvalue weighted by atomic mass is 9.75. The summed E-state index contributed by atoms with van der Waals surface area (Å²) in [6.07, 6.45) is 0. The number of fused-ring (bicyclic) bond motifs is 1. The molecule has 1 aliphatic rings. The van der Waals surface area contributed by atoms with Gasteiger partial charge >= 0.3 is 0 Å². The van der Waals surface area contributed by atoms with Crippen molar-refractivity contribution in [3.8, 4) is 0 Å². The van der Waals surface area contributed by atoms with E-state index in [-0.39, 0.29) is 11.6 Å². The van der Waals surface area contributed by atoms with E-state index in [0.29, 0.717) is 5.56 Å². The third-order valence-corrected chi connectivity index (χ3v) is 7.81. The maximum Gasteiger partial charge on any atom is 0.279 e. The molecule has 0 bridgehead atoms. The van der Waals surface area contributed by atoms with E-state index in [4.69, 9.17) is 0 Å². The van der Waals surface area contributed by atoms with Gasteiger partial charge in [-0.1, -0.05) is 109 Å². The second kappa shape index (κ2) is 9.32. The van der Waals surface area contributed by atoms with Gasteiger partial charge in [0.1, 0.15) is 22.2 Å². The minimum atomic E-state index is -1.59. The first-order valence-corrected chi connectivity index (χ1v) is 13.1. The Morgan fingerprint density at radius 1 is 0.639 bits per heavy atom. The maximum atomic E-state index is 14.5. The zero-order valence-electron chi connectivity index (χ0n) is 20.6. The molecule has 0 aromatic heterocycles. The van der Waals surface area contributed by atoms with Gasteiger partial charge in [0.25, 0.3) is 5.91 Å². The van der Waals surface area contributed by atoms with Crippen LogP contribution in [0.5, 0.6) is 0 Å². The molecule has 1 aliphatic heterocycles. The van der Waals surface area contributed by atoms with E-state index < -0.39 is 21.3 Å². The lowest BCUT2D eigenvalue weighted by Crippen LogP contribution is -2.51. The molecular weight excluding hydrogens is 464 g/mol. The van der Waals surface area contributed by atoms with Crippen LogP contribution in [0.3, 0.4) is 0 Å². The van der Waals surface area contributed by atoms with Crippen molar-refractivity contribution in [1.29, 1.82) is 0 Å². The van der Waals surface area contributed by atoms with Gasteiger partial charge in [-0.25, -0.2) is 4.21 Å². The van der Waals surface area contributed by atoms with E-state index >= 15 is 0 Å². The Balaban J connectivity index is 1.88. The molecule has 0 saturated carbocycles. The first-order valence-electron chi connectivity index (χ1n) is 12.0. The van der Waals surface area contributed by atoms with Crippen LogP contribution in [0.15, 0.2) is 120 Å². The first-order chi connectivity index (χ1) is 17.3. The van der Waals surface area contributed by atoms with Gasteiger partial charge < -0.3 is 0 Å². The highest BCUT2D eigenvalue weighted by Crippen LogP contribution is 2.48. The first kappa shape index (κ1) is 23.9. The Bertz CT molecular complexity index is 1350. The minimum absolute atomic E-state index is 0.228. The molecule has 1 atom stereocenters. The highest BCUT2D eigenvalue weighted by Gasteiger charge is 2.51. The lowest BCUT2D eigenvalue weighted by Gasteiger charge is -2.43. The van der Waals surface area contributed by atoms with Gasteiger partial charge in [-0.15, -0.1) is 0 Å². The molecule has 0 aliphatic carbocycles. The highest BCUT2D eigenvalue weighted by atomic mass is 32.2. The fourth-order valence-electron chi connectivity index (χ4n) is 4.77. The van der Waals surface area contributed by atoms with Crippen LogP contribution in [0.4, 0.5) is 5.69 Å². The third kappa shape index (κ3) is 3.90. The normalized spacial score (nSPS) is 15.7. The van der Waals surface area contributed by atoms with Crippen molar-refractivity contribution >= 4 is 28.3 Å². The van der Waals surface area contributed by atoms with Crippen LogP contribution in [-0.4, -0.2) is 20.6 Å². The number of benzene rings is 4. The molecule has 36 heavy (non-hydrogen) atoms. The smallest absolute Gasteiger partial charge is 0.279 e. The van der Waals surface area contributed by atoms with E-state index in [9.17, 15) is 9.00 Å². The Morgan fingerprint density at radius 3 is 1.50 bits per heavy atom. The lowest BCUT2D eigenvalue weighted by molar-refractivity contribution is -0.113. The Labute approximate surface area is 214 Å². The standard InChI is InChI=1S/C31H28N2O2S/c1-30(2,3)36(35)32-28-26-21-13-14-22-27(26)33(29(28)34)31(23-15-7-4-8-16-23,24-17-9-5-10-18-24)25-19-11-6-12-20-25/h4-22H,1-3H3/b32-28+. The van der Waals surface area contributed by atoms with Crippen LogP contribution >= 0.6 is 0 Å². The van der Waals surface area contributed by atoms with E-state index in [1.54, 1.807) is 0 Å². The third-order valence-electron chi connectivity index (χ3n) is 6.41. The number of amides is 1. The Kier molecular flexibility index (Phi) is 6.19. The zero-order valence-corrected chi connectivity index (χ0v) is 21.4. The monoisotopic (exact) mass is 492 g/mol. The second-order valence-electron chi connectivity index (χ2n) is 9.77. The summed E-state index contributed by atoms with van der Waals surface area (Å²) in [5.74, 6) is -0.273. The molecule has 180 valence electrons. The van der Waals surface area contributed by atoms with Crippen molar-refractivity contribution < 1.29 is 9.00 Å². The molecule has 1 amide bonds. The molecule has 0 N–H and O–H groups in total. The molecule has 0 saturated heterocycles. The molecule has 0 radical (unpaired) electrons. The molecule has 4 nitrogen and oxygen atoms in total. The van der Waals surface area contributed by atoms with E-state index in [2.05, 4.69) is 40.8 Å². The Hall–Kier alpha value is -3.83. The van der Waals surface area contributed by atoms with E-state index in [0.717, 1.165) is 22.4 Å². The number of anilines is 1. The SMILES string of the molecule is CC(C)(C)S(=O)/N=C1/C(=O)N(C(c2ccccc2)(c2ccccc2)c2ccccc2)c2ccccc21. The zero-order chi connectivity index (χ0) is 25.3. The van der Waals surface area contributed by atoms with Crippen LogP contribution in [0.2, 0.25) is 0 Å². The van der Waals surface area contributed by atoms with E-state index in [1.807, 2.05) is 105 Å². The summed E-state index contributed by atoms with van der Waals surface area (Å²) in [6.45, 7) is 5.58. The van der Waals surface area contributed by atoms with Crippen molar-refractivity contribution in [3.63, 3.8) is 0 Å². The van der Waals surface area contributed by atoms with Gasteiger partial charge in [0.05, 0.1) is 10.4 Å². The fourth-order valence-corrected chi connectivity index (χ4v) is 5.38. The van der Waals surface area contributed by atoms with Crippen LogP contribution in [0.1, 0.15) is 43.0 Å². The van der Waals surface area contributed by atoms with E-state index in [1.165, 1.54) is 0 Å². The van der Waals surface area contributed by atoms with Crippen LogP contribution in [0.25, 0.3) is 0 Å². The van der Waals surface area contributed by atoms with Crippen LogP contribution < -0.4 is 4.90 Å². The number of carbonyl (C=O) groups is 1. The average Bonchev–Trinajstić information content (AvgIpc) is 3.18. The molecule has 1 heterocycles. The number of carbonyl (C=O) groups excluding carboxylic acids is 1. The molecular formula is C31H28N2O2S. The predicted octanol–water partition coefficient (Wildman–Crippen LogP) is 6.28. The molecule has 1 unspecified atom stereocenters. The van der Waals surface area contributed by atoms with Crippen molar-refractivity contribution in [2.45, 2.75) is 31.1 Å². The van der Waals surface area contributed by atoms with Gasteiger partial charge in [0.15, 0.2) is 0 Å². The quantitative estimate of drug-likeness (QED) is 0.308. The summed E-state index contributed by atoms with van der Waals surface area (Å²) in [5, 5.41) is 0. The van der Waals surface area contributed by atoms with Gasteiger partial charge in [0, 0.05) is 5.56 Å². The molecule has 5 heteroatoms. The highest BCUT2D eigenvalue weighted by molar-refractivity contribution is 7.85. The van der Waals surface area contributed by atoms with Gasteiger partial charge in [-0.05, 0) is 43.5 Å². The minimum Gasteiger partial charge on any atom is -0.288 e. The number of hydrogen-bond donors (Lipinski definition) is 0. The van der Waals surface area contributed by atoms with Crippen molar-refractivity contribution in [2.24, 2.45) is 4.40 Å². The summed E-state index contributed by atoms with van der Waals surface area (Å²) < 4.78 is 17.0. The number of nitrogens with zero attached hydrogens (tertiary/aromatic N) is 2. The maximum absolute atomic E-state index is 14.5. The van der Waals surface area contributed by atoms with Crippen LogP contribution in [-0.2, 0) is 21.3 Å². The molecule has 4 aromatic carbocycles. The van der Waals surface area contributed by atoms with Crippen molar-refractivity contribution in [3.05, 3.63) is 138 Å². The predicted molar refractivity (Wildman–Crippen MR) is 148 cm³/mol. The fraction of sp³-hybridized carbons (Fsp3) is 0.161. The Morgan fingerprint density at radius 2 is 1.06 bits per heavy atom. The topological polar surface area (TPSA) is 49.7 Å². The van der Waals surface area contributed by atoms with Gasteiger partial charge in [-0.3, -0.25) is 9.69 Å². The van der Waals surface area contributed by atoms with Crippen LogP contribution in [0, 0.1) is 0 Å². The van der Waals surface area contributed by atoms with Gasteiger partial charge in [0.2, 0.25) is 0 Å². The summed E-state index contributed by atoms with van der Waals surface area (Å²) in [7, 11) is -1.59. The number of para-hydroxylation sites is 1. The number of hydrogen-bond acceptors (Lipinski definition) is 2. The molecule has 4 aromatic rings. The molecule has 5 rings (SSSR count). The summed E-state index contributed by atoms with van der Waals surface area (Å²) >= 11 is 0. The summed E-state index contributed by atoms with van der Waals surface area (Å²) in [4.78, 5) is 16.3. The molecule has 0 spiro atoms.